The first-order valence-corrected chi connectivity index (χ1v) is 9.71. The van der Waals surface area contributed by atoms with Crippen LogP contribution in [0.2, 0.25) is 0 Å². The summed E-state index contributed by atoms with van der Waals surface area (Å²) in [6.07, 6.45) is -4.58. The van der Waals surface area contributed by atoms with Crippen molar-refractivity contribution >= 4 is 17.5 Å². The lowest BCUT2D eigenvalue weighted by Gasteiger charge is -2.16. The quantitative estimate of drug-likeness (QED) is 0.330. The number of pyridine rings is 1. The Morgan fingerprint density at radius 2 is 1.81 bits per heavy atom. The average Bonchev–Trinajstić information content (AvgIpc) is 2.71. The summed E-state index contributed by atoms with van der Waals surface area (Å²) in [5.41, 5.74) is -3.37. The van der Waals surface area contributed by atoms with Crippen LogP contribution in [0.1, 0.15) is 21.5 Å². The molecule has 1 atom stereocenters. The Morgan fingerprint density at radius 1 is 1.16 bits per heavy atom. The van der Waals surface area contributed by atoms with Crippen molar-refractivity contribution in [3.05, 3.63) is 87.5 Å². The van der Waals surface area contributed by atoms with Gasteiger partial charge in [-0.1, -0.05) is 41.9 Å². The predicted octanol–water partition coefficient (Wildman–Crippen LogP) is 4.45. The minimum absolute atomic E-state index is 0.197. The van der Waals surface area contributed by atoms with Crippen molar-refractivity contribution in [2.75, 3.05) is 0 Å². The minimum atomic E-state index is -4.82. The molecule has 0 aliphatic rings. The molecule has 0 saturated heterocycles. The van der Waals surface area contributed by atoms with E-state index in [0.29, 0.717) is 12.1 Å². The summed E-state index contributed by atoms with van der Waals surface area (Å²) in [5, 5.41) is 12.6. The third kappa shape index (κ3) is 5.11. The van der Waals surface area contributed by atoms with Crippen LogP contribution >= 0.6 is 11.6 Å². The predicted molar refractivity (Wildman–Crippen MR) is 111 cm³/mol. The van der Waals surface area contributed by atoms with Crippen molar-refractivity contribution in [2.45, 2.75) is 18.1 Å². The Hall–Kier alpha value is -3.33. The minimum Gasteiger partial charge on any atom is -0.502 e. The first kappa shape index (κ1) is 23.3. The number of halogens is 5. The summed E-state index contributed by atoms with van der Waals surface area (Å²) in [7, 11) is 1.18. The fourth-order valence-corrected chi connectivity index (χ4v) is 3.41. The maximum Gasteiger partial charge on any atom is 0.416 e. The second-order valence-corrected chi connectivity index (χ2v) is 7.54. The van der Waals surface area contributed by atoms with Crippen molar-refractivity contribution in [3.8, 4) is 17.0 Å². The Morgan fingerprint density at radius 3 is 2.44 bits per heavy atom. The van der Waals surface area contributed by atoms with Gasteiger partial charge in [0.05, 0.1) is 16.8 Å². The van der Waals surface area contributed by atoms with Gasteiger partial charge in [0.15, 0.2) is 5.75 Å². The number of nitrogens with one attached hydrogen (secondary N) is 1. The molecule has 1 amide bonds. The molecule has 10 heteroatoms. The highest BCUT2D eigenvalue weighted by Crippen LogP contribution is 2.33. The van der Waals surface area contributed by atoms with E-state index in [4.69, 9.17) is 11.6 Å². The highest BCUT2D eigenvalue weighted by atomic mass is 35.5. The summed E-state index contributed by atoms with van der Waals surface area (Å²) in [6.45, 7) is 0. The number of aromatic hydroxyl groups is 1. The summed E-state index contributed by atoms with van der Waals surface area (Å²) in [5.74, 6) is -3.00. The van der Waals surface area contributed by atoms with E-state index in [-0.39, 0.29) is 17.7 Å². The summed E-state index contributed by atoms with van der Waals surface area (Å²) >= 11 is 6.16. The lowest BCUT2D eigenvalue weighted by Crippen LogP contribution is -2.34. The van der Waals surface area contributed by atoms with Gasteiger partial charge in [-0.2, -0.15) is 13.2 Å². The van der Waals surface area contributed by atoms with Crippen LogP contribution in [-0.2, 0) is 19.6 Å². The zero-order chi connectivity index (χ0) is 23.6. The number of aromatic nitrogens is 1. The van der Waals surface area contributed by atoms with Crippen LogP contribution in [0, 0.1) is 5.82 Å². The van der Waals surface area contributed by atoms with Gasteiger partial charge in [-0.25, -0.2) is 4.39 Å². The molecule has 1 heterocycles. The van der Waals surface area contributed by atoms with E-state index in [1.807, 2.05) is 0 Å². The molecule has 32 heavy (non-hydrogen) atoms. The van der Waals surface area contributed by atoms with Crippen LogP contribution in [0.4, 0.5) is 17.6 Å². The normalized spacial score (nSPS) is 12.4. The number of benzene rings is 2. The molecule has 0 fully saturated rings. The molecule has 5 nitrogen and oxygen atoms in total. The number of hydrogen-bond donors (Lipinski definition) is 2. The van der Waals surface area contributed by atoms with Gasteiger partial charge in [0.1, 0.15) is 11.3 Å². The second kappa shape index (κ2) is 9.04. The van der Waals surface area contributed by atoms with Gasteiger partial charge in [-0.05, 0) is 29.8 Å². The van der Waals surface area contributed by atoms with Crippen molar-refractivity contribution in [3.63, 3.8) is 0 Å². The van der Waals surface area contributed by atoms with Gasteiger partial charge in [0.25, 0.3) is 11.5 Å². The van der Waals surface area contributed by atoms with Crippen molar-refractivity contribution in [1.82, 2.24) is 9.88 Å². The average molecular weight is 469 g/mol. The molecule has 1 unspecified atom stereocenters. The number of carbonyl (C=O) groups excluding carboxylic acids is 1. The molecule has 0 saturated carbocycles. The van der Waals surface area contributed by atoms with Crippen molar-refractivity contribution in [2.24, 2.45) is 7.05 Å². The molecule has 0 radical (unpaired) electrons. The SMILES string of the molecule is Cn1c(-c2cc(F)cc(C(F)(F)F)c2)cc(C(=O)NC(Cl)Cc2ccccc2)c(O)c1=O. The third-order valence-corrected chi connectivity index (χ3v) is 4.98. The summed E-state index contributed by atoms with van der Waals surface area (Å²) in [6, 6.07) is 11.7. The highest BCUT2D eigenvalue weighted by Gasteiger charge is 2.32. The highest BCUT2D eigenvalue weighted by molar-refractivity contribution is 6.22. The van der Waals surface area contributed by atoms with E-state index in [0.717, 1.165) is 22.3 Å². The zero-order valence-electron chi connectivity index (χ0n) is 16.6. The van der Waals surface area contributed by atoms with Crippen LogP contribution in [-0.4, -0.2) is 21.1 Å². The van der Waals surface area contributed by atoms with Crippen LogP contribution in [0.15, 0.2) is 59.4 Å². The van der Waals surface area contributed by atoms with Crippen LogP contribution in [0.3, 0.4) is 0 Å². The van der Waals surface area contributed by atoms with Gasteiger partial charge in [-0.3, -0.25) is 9.59 Å². The zero-order valence-corrected chi connectivity index (χ0v) is 17.3. The van der Waals surface area contributed by atoms with Crippen molar-refractivity contribution < 1.29 is 27.5 Å². The van der Waals surface area contributed by atoms with Crippen LogP contribution in [0.5, 0.6) is 5.75 Å². The van der Waals surface area contributed by atoms with E-state index < -0.39 is 45.8 Å². The Balaban J connectivity index is 1.98. The van der Waals surface area contributed by atoms with E-state index in [1.165, 1.54) is 7.05 Å². The van der Waals surface area contributed by atoms with E-state index in [2.05, 4.69) is 5.32 Å². The summed E-state index contributed by atoms with van der Waals surface area (Å²) < 4.78 is 53.9. The Bertz CT molecular complexity index is 1210. The molecule has 2 aromatic carbocycles. The van der Waals surface area contributed by atoms with Gasteiger partial charge < -0.3 is 15.0 Å². The number of nitrogens with zero attached hydrogens (tertiary/aromatic N) is 1. The lowest BCUT2D eigenvalue weighted by atomic mass is 10.0. The molecule has 3 aromatic rings. The van der Waals surface area contributed by atoms with E-state index in [9.17, 15) is 32.3 Å². The fourth-order valence-electron chi connectivity index (χ4n) is 3.13. The van der Waals surface area contributed by atoms with Crippen LogP contribution in [0.25, 0.3) is 11.3 Å². The number of rotatable bonds is 5. The molecule has 0 spiro atoms. The largest absolute Gasteiger partial charge is 0.502 e. The number of alkyl halides is 4. The number of hydrogen-bond acceptors (Lipinski definition) is 3. The van der Waals surface area contributed by atoms with Crippen LogP contribution < -0.4 is 10.9 Å². The molecule has 1 aromatic heterocycles. The molecular formula is C22H17ClF4N2O3. The fraction of sp³-hybridized carbons (Fsp3) is 0.182. The van der Waals surface area contributed by atoms with Crippen molar-refractivity contribution in [1.29, 1.82) is 0 Å². The van der Waals surface area contributed by atoms with Gasteiger partial charge in [-0.15, -0.1) is 0 Å². The number of amides is 1. The van der Waals surface area contributed by atoms with Gasteiger partial charge in [0, 0.05) is 19.0 Å². The molecule has 168 valence electrons. The topological polar surface area (TPSA) is 71.3 Å². The smallest absolute Gasteiger partial charge is 0.416 e. The summed E-state index contributed by atoms with van der Waals surface area (Å²) in [4.78, 5) is 25.1. The first-order chi connectivity index (χ1) is 15.0. The van der Waals surface area contributed by atoms with E-state index >= 15 is 0 Å². The Labute approximate surface area is 184 Å². The lowest BCUT2D eigenvalue weighted by molar-refractivity contribution is -0.137. The van der Waals surface area contributed by atoms with E-state index in [1.54, 1.807) is 30.3 Å². The standard InChI is InChI=1S/C22H17ClF4N2O3/c1-29-17(13-8-14(22(25,26)27)10-15(24)9-13)11-16(19(30)21(29)32)20(31)28-18(23)7-12-5-3-2-4-6-12/h2-6,8-11,18,30H,7H2,1H3,(H,28,31). The van der Waals surface area contributed by atoms with Gasteiger partial charge in [0.2, 0.25) is 0 Å². The maximum absolute atomic E-state index is 13.9. The molecule has 3 rings (SSSR count). The maximum atomic E-state index is 13.9. The molecule has 0 bridgehead atoms. The first-order valence-electron chi connectivity index (χ1n) is 9.27. The molecular weight excluding hydrogens is 452 g/mol. The third-order valence-electron chi connectivity index (χ3n) is 4.72. The monoisotopic (exact) mass is 468 g/mol. The second-order valence-electron chi connectivity index (χ2n) is 7.01. The molecule has 0 aliphatic heterocycles. The number of carbonyl (C=O) groups is 1. The van der Waals surface area contributed by atoms with Gasteiger partial charge >= 0.3 is 6.18 Å². The molecule has 0 aliphatic carbocycles. The molecule has 2 N–H and O–H groups in total. The Kier molecular flexibility index (Phi) is 6.59.